The molecule has 0 unspecified atom stereocenters. The highest BCUT2D eigenvalue weighted by atomic mass is 16.4. The number of benzene rings is 3. The summed E-state index contributed by atoms with van der Waals surface area (Å²) >= 11 is 0. The normalized spacial score (nSPS) is 14.4. The van der Waals surface area contributed by atoms with Crippen molar-refractivity contribution in [2.75, 3.05) is 0 Å². The Labute approximate surface area is 194 Å². The quantitative estimate of drug-likeness (QED) is 0.412. The highest BCUT2D eigenvalue weighted by molar-refractivity contribution is 6.03. The van der Waals surface area contributed by atoms with Gasteiger partial charge in [-0.05, 0) is 70.2 Å². The van der Waals surface area contributed by atoms with Gasteiger partial charge in [-0.3, -0.25) is 0 Å². The number of carboxylic acids is 2. The average molecular weight is 443 g/mol. The Morgan fingerprint density at radius 3 is 1.88 bits per heavy atom. The molecule has 0 bridgehead atoms. The molecule has 170 valence electrons. The first-order chi connectivity index (χ1) is 15.9. The molecule has 1 aliphatic carbocycles. The van der Waals surface area contributed by atoms with Gasteiger partial charge in [-0.2, -0.15) is 0 Å². The van der Waals surface area contributed by atoms with Crippen molar-refractivity contribution in [2.24, 2.45) is 0 Å². The standard InChI is InChI=1S/C29H30O4/c1-18(2)25-16-20(19-10-4-3-5-11-19)17-26(21-12-6-8-14-23(21)28(30)31)27(25)22-13-7-9-15-24(22)29(32)33/h6-9,12-19H,3-5,10-11H2,1-2H3,(H,30,31)(H,32,33). The molecular formula is C29H30O4. The maximum absolute atomic E-state index is 12.1. The highest BCUT2D eigenvalue weighted by Gasteiger charge is 2.25. The molecule has 0 atom stereocenters. The fourth-order valence-electron chi connectivity index (χ4n) is 5.12. The first-order valence-electron chi connectivity index (χ1n) is 11.7. The van der Waals surface area contributed by atoms with Crippen LogP contribution in [0.15, 0.2) is 60.7 Å². The van der Waals surface area contributed by atoms with Crippen LogP contribution in [0.4, 0.5) is 0 Å². The Morgan fingerprint density at radius 1 is 0.758 bits per heavy atom. The van der Waals surface area contributed by atoms with Gasteiger partial charge in [0.25, 0.3) is 0 Å². The van der Waals surface area contributed by atoms with Crippen LogP contribution >= 0.6 is 0 Å². The smallest absolute Gasteiger partial charge is 0.336 e. The number of carbonyl (C=O) groups is 2. The lowest BCUT2D eigenvalue weighted by Gasteiger charge is -2.27. The van der Waals surface area contributed by atoms with Crippen molar-refractivity contribution >= 4 is 11.9 Å². The van der Waals surface area contributed by atoms with Crippen LogP contribution in [0.25, 0.3) is 22.3 Å². The molecule has 4 rings (SSSR count). The molecule has 0 radical (unpaired) electrons. The minimum Gasteiger partial charge on any atom is -0.478 e. The fourth-order valence-corrected chi connectivity index (χ4v) is 5.12. The zero-order valence-corrected chi connectivity index (χ0v) is 19.2. The highest BCUT2D eigenvalue weighted by Crippen LogP contribution is 2.44. The Balaban J connectivity index is 2.09. The summed E-state index contributed by atoms with van der Waals surface area (Å²) in [6.07, 6.45) is 5.91. The first-order valence-corrected chi connectivity index (χ1v) is 11.7. The third-order valence-corrected chi connectivity index (χ3v) is 6.76. The Hall–Kier alpha value is -3.40. The first kappa shape index (κ1) is 22.8. The Kier molecular flexibility index (Phi) is 6.64. The van der Waals surface area contributed by atoms with Crippen molar-refractivity contribution in [3.63, 3.8) is 0 Å². The van der Waals surface area contributed by atoms with Gasteiger partial charge in [0.05, 0.1) is 11.1 Å². The molecule has 33 heavy (non-hydrogen) atoms. The van der Waals surface area contributed by atoms with Crippen LogP contribution in [0.3, 0.4) is 0 Å². The Morgan fingerprint density at radius 2 is 1.30 bits per heavy atom. The maximum atomic E-state index is 12.1. The molecule has 1 fully saturated rings. The van der Waals surface area contributed by atoms with Crippen molar-refractivity contribution in [3.8, 4) is 22.3 Å². The van der Waals surface area contributed by atoms with Gasteiger partial charge in [0, 0.05) is 0 Å². The van der Waals surface area contributed by atoms with Gasteiger partial charge in [0.1, 0.15) is 0 Å². The topological polar surface area (TPSA) is 74.6 Å². The van der Waals surface area contributed by atoms with Crippen LogP contribution in [0.5, 0.6) is 0 Å². The second-order valence-corrected chi connectivity index (χ2v) is 9.22. The molecule has 3 aromatic carbocycles. The minimum atomic E-state index is -0.992. The van der Waals surface area contributed by atoms with E-state index in [1.165, 1.54) is 24.8 Å². The van der Waals surface area contributed by atoms with Crippen molar-refractivity contribution < 1.29 is 19.8 Å². The molecule has 0 amide bonds. The predicted octanol–water partition coefficient (Wildman–Crippen LogP) is 7.59. The van der Waals surface area contributed by atoms with Gasteiger partial charge in [-0.15, -0.1) is 0 Å². The lowest BCUT2D eigenvalue weighted by Crippen LogP contribution is -2.09. The van der Waals surface area contributed by atoms with Crippen molar-refractivity contribution in [1.82, 2.24) is 0 Å². The molecule has 0 heterocycles. The third kappa shape index (κ3) is 4.56. The fraction of sp³-hybridized carbons (Fsp3) is 0.310. The van der Waals surface area contributed by atoms with E-state index in [2.05, 4.69) is 26.0 Å². The summed E-state index contributed by atoms with van der Waals surface area (Å²) < 4.78 is 0. The Bertz CT molecular complexity index is 1190. The van der Waals surface area contributed by atoms with E-state index in [0.717, 1.165) is 29.5 Å². The van der Waals surface area contributed by atoms with E-state index in [0.29, 0.717) is 17.0 Å². The second-order valence-electron chi connectivity index (χ2n) is 9.22. The molecule has 0 aromatic heterocycles. The van der Waals surface area contributed by atoms with Gasteiger partial charge in [-0.1, -0.05) is 81.6 Å². The molecule has 0 aliphatic heterocycles. The van der Waals surface area contributed by atoms with Gasteiger partial charge in [-0.25, -0.2) is 9.59 Å². The molecular weight excluding hydrogens is 412 g/mol. The van der Waals surface area contributed by atoms with E-state index in [4.69, 9.17) is 0 Å². The largest absolute Gasteiger partial charge is 0.478 e. The molecule has 3 aromatic rings. The molecule has 0 spiro atoms. The minimum absolute atomic E-state index is 0.140. The van der Waals surface area contributed by atoms with Gasteiger partial charge in [0.2, 0.25) is 0 Å². The summed E-state index contributed by atoms with van der Waals surface area (Å²) in [5.74, 6) is -1.40. The van der Waals surface area contributed by atoms with Crippen molar-refractivity contribution in [3.05, 3.63) is 82.9 Å². The average Bonchev–Trinajstić information content (AvgIpc) is 2.83. The second kappa shape index (κ2) is 9.62. The third-order valence-electron chi connectivity index (χ3n) is 6.76. The number of hydrogen-bond donors (Lipinski definition) is 2. The van der Waals surface area contributed by atoms with E-state index in [1.54, 1.807) is 24.3 Å². The summed E-state index contributed by atoms with van der Waals surface area (Å²) in [4.78, 5) is 24.2. The molecule has 2 N–H and O–H groups in total. The number of aromatic carboxylic acids is 2. The molecule has 0 saturated heterocycles. The van der Waals surface area contributed by atoms with Crippen LogP contribution in [0, 0.1) is 0 Å². The molecule has 1 aliphatic rings. The molecule has 4 heteroatoms. The van der Waals surface area contributed by atoms with Gasteiger partial charge in [0.15, 0.2) is 0 Å². The predicted molar refractivity (Wildman–Crippen MR) is 131 cm³/mol. The zero-order valence-electron chi connectivity index (χ0n) is 19.2. The van der Waals surface area contributed by atoms with Crippen LogP contribution in [-0.4, -0.2) is 22.2 Å². The van der Waals surface area contributed by atoms with E-state index in [9.17, 15) is 19.8 Å². The summed E-state index contributed by atoms with van der Waals surface area (Å²) in [6.45, 7) is 4.22. The van der Waals surface area contributed by atoms with E-state index in [-0.39, 0.29) is 17.0 Å². The summed E-state index contributed by atoms with van der Waals surface area (Å²) in [5, 5.41) is 19.9. The van der Waals surface area contributed by atoms with E-state index < -0.39 is 11.9 Å². The lowest BCUT2D eigenvalue weighted by atomic mass is 9.77. The summed E-state index contributed by atoms with van der Waals surface area (Å²) in [6, 6.07) is 18.4. The summed E-state index contributed by atoms with van der Waals surface area (Å²) in [7, 11) is 0. The van der Waals surface area contributed by atoms with Crippen LogP contribution < -0.4 is 0 Å². The maximum Gasteiger partial charge on any atom is 0.336 e. The van der Waals surface area contributed by atoms with Crippen molar-refractivity contribution in [1.29, 1.82) is 0 Å². The van der Waals surface area contributed by atoms with Gasteiger partial charge < -0.3 is 10.2 Å². The van der Waals surface area contributed by atoms with E-state index in [1.807, 2.05) is 24.3 Å². The number of hydrogen-bond acceptors (Lipinski definition) is 2. The monoisotopic (exact) mass is 442 g/mol. The van der Waals surface area contributed by atoms with Crippen LogP contribution in [-0.2, 0) is 0 Å². The molecule has 4 nitrogen and oxygen atoms in total. The van der Waals surface area contributed by atoms with Gasteiger partial charge >= 0.3 is 11.9 Å². The lowest BCUT2D eigenvalue weighted by molar-refractivity contribution is 0.0686. The molecule has 1 saturated carbocycles. The number of rotatable bonds is 6. The SMILES string of the molecule is CC(C)c1cc(C2CCCCC2)cc(-c2ccccc2C(=O)O)c1-c1ccccc1C(=O)O. The van der Waals surface area contributed by atoms with Crippen LogP contribution in [0.1, 0.15) is 89.6 Å². The van der Waals surface area contributed by atoms with Crippen LogP contribution in [0.2, 0.25) is 0 Å². The zero-order chi connectivity index (χ0) is 23.5. The van der Waals surface area contributed by atoms with Crippen molar-refractivity contribution in [2.45, 2.75) is 57.8 Å². The summed E-state index contributed by atoms with van der Waals surface area (Å²) in [5.41, 5.74) is 5.59. The number of carboxylic acid groups (broad SMARTS) is 2. The van der Waals surface area contributed by atoms with E-state index >= 15 is 0 Å².